The topological polar surface area (TPSA) is 73.0 Å². The highest BCUT2D eigenvalue weighted by atomic mass is 35.5. The van der Waals surface area contributed by atoms with Crippen molar-refractivity contribution in [2.45, 2.75) is 6.92 Å². The largest absolute Gasteiger partial charge is 0.335 e. The number of hydrogen-bond acceptors (Lipinski definition) is 4. The number of nitrogens with one attached hydrogen (secondary N) is 1. The summed E-state index contributed by atoms with van der Waals surface area (Å²) in [6, 6.07) is 3.97. The van der Waals surface area contributed by atoms with Crippen LogP contribution in [0.2, 0.25) is 5.02 Å². The van der Waals surface area contributed by atoms with Crippen LogP contribution in [0.5, 0.6) is 0 Å². The van der Waals surface area contributed by atoms with Gasteiger partial charge in [0.05, 0.1) is 9.95 Å². The molecule has 0 aliphatic rings. The third-order valence-electron chi connectivity index (χ3n) is 2.56. The Morgan fingerprint density at radius 3 is 2.79 bits per heavy atom. The van der Waals surface area contributed by atoms with E-state index in [2.05, 4.69) is 10.4 Å². The molecule has 8 heteroatoms. The molecule has 100 valence electrons. The molecular formula is C11H10ClFN4O2. The number of hydrogen-bond donors (Lipinski definition) is 1. The van der Waals surface area contributed by atoms with E-state index in [1.54, 1.807) is 14.0 Å². The number of halogens is 2. The molecule has 0 fully saturated rings. The van der Waals surface area contributed by atoms with E-state index in [4.69, 9.17) is 11.6 Å². The van der Waals surface area contributed by atoms with Crippen molar-refractivity contribution < 1.29 is 9.31 Å². The quantitative estimate of drug-likeness (QED) is 0.694. The zero-order valence-corrected chi connectivity index (χ0v) is 10.9. The van der Waals surface area contributed by atoms with Crippen LogP contribution in [0.15, 0.2) is 18.2 Å². The average molecular weight is 285 g/mol. The fraction of sp³-hybridized carbons (Fsp3) is 0.182. The highest BCUT2D eigenvalue weighted by Crippen LogP contribution is 2.31. The first kappa shape index (κ1) is 13.3. The second kappa shape index (κ2) is 4.85. The summed E-state index contributed by atoms with van der Waals surface area (Å²) in [6.45, 7) is 1.54. The molecule has 0 spiro atoms. The molecule has 1 aromatic heterocycles. The molecule has 1 heterocycles. The van der Waals surface area contributed by atoms with Crippen molar-refractivity contribution in [2.24, 2.45) is 7.05 Å². The van der Waals surface area contributed by atoms with Gasteiger partial charge in [0.15, 0.2) is 0 Å². The van der Waals surface area contributed by atoms with E-state index in [0.717, 1.165) is 0 Å². The molecule has 0 saturated carbocycles. The van der Waals surface area contributed by atoms with E-state index in [9.17, 15) is 14.5 Å². The second-order valence-electron chi connectivity index (χ2n) is 3.92. The Kier molecular flexibility index (Phi) is 3.39. The zero-order valence-electron chi connectivity index (χ0n) is 10.1. The summed E-state index contributed by atoms with van der Waals surface area (Å²) in [4.78, 5) is 10.5. The Balaban J connectivity index is 2.43. The Morgan fingerprint density at radius 1 is 1.53 bits per heavy atom. The Labute approximate surface area is 112 Å². The third-order valence-corrected chi connectivity index (χ3v) is 2.85. The Hall–Kier alpha value is -2.15. The maximum atomic E-state index is 13.0. The summed E-state index contributed by atoms with van der Waals surface area (Å²) in [5, 5.41) is 17.7. The molecule has 0 atom stereocenters. The molecule has 0 radical (unpaired) electrons. The van der Waals surface area contributed by atoms with Crippen LogP contribution in [0.1, 0.15) is 5.69 Å². The fourth-order valence-electron chi connectivity index (χ4n) is 1.72. The predicted octanol–water partition coefficient (Wildman–Crippen LogP) is 3.17. The number of anilines is 2. The van der Waals surface area contributed by atoms with E-state index in [-0.39, 0.29) is 16.5 Å². The van der Waals surface area contributed by atoms with Gasteiger partial charge >= 0.3 is 5.69 Å². The van der Waals surface area contributed by atoms with E-state index < -0.39 is 10.7 Å². The molecule has 2 rings (SSSR count). The normalized spacial score (nSPS) is 10.5. The monoisotopic (exact) mass is 284 g/mol. The summed E-state index contributed by atoms with van der Waals surface area (Å²) in [7, 11) is 1.58. The van der Waals surface area contributed by atoms with Crippen molar-refractivity contribution in [1.82, 2.24) is 9.78 Å². The van der Waals surface area contributed by atoms with Gasteiger partial charge < -0.3 is 5.32 Å². The van der Waals surface area contributed by atoms with Gasteiger partial charge in [0.2, 0.25) is 5.82 Å². The SMILES string of the molecule is Cc1nn(C)c(Nc2ccc(F)c(Cl)c2)c1[N+](=O)[O-]. The van der Waals surface area contributed by atoms with Crippen LogP contribution in [0, 0.1) is 22.9 Å². The van der Waals surface area contributed by atoms with E-state index >= 15 is 0 Å². The minimum atomic E-state index is -0.553. The molecule has 1 aromatic carbocycles. The van der Waals surface area contributed by atoms with Crippen molar-refractivity contribution in [3.63, 3.8) is 0 Å². The van der Waals surface area contributed by atoms with Crippen molar-refractivity contribution in [2.75, 3.05) is 5.32 Å². The van der Waals surface area contributed by atoms with Gasteiger partial charge in [-0.15, -0.1) is 0 Å². The van der Waals surface area contributed by atoms with Gasteiger partial charge in [-0.05, 0) is 25.1 Å². The van der Waals surface area contributed by atoms with Crippen LogP contribution in [0.3, 0.4) is 0 Å². The van der Waals surface area contributed by atoms with Gasteiger partial charge in [-0.25, -0.2) is 9.07 Å². The predicted molar refractivity (Wildman–Crippen MR) is 69.3 cm³/mol. The lowest BCUT2D eigenvalue weighted by Crippen LogP contribution is -2.01. The number of nitro groups is 1. The molecule has 0 aliphatic heterocycles. The molecule has 6 nitrogen and oxygen atoms in total. The van der Waals surface area contributed by atoms with Crippen molar-refractivity contribution in [1.29, 1.82) is 0 Å². The van der Waals surface area contributed by atoms with Gasteiger partial charge in [-0.3, -0.25) is 10.1 Å². The Morgan fingerprint density at radius 2 is 2.21 bits per heavy atom. The smallest absolute Gasteiger partial charge is 0.334 e. The molecule has 0 bridgehead atoms. The lowest BCUT2D eigenvalue weighted by atomic mass is 10.3. The maximum Gasteiger partial charge on any atom is 0.334 e. The van der Waals surface area contributed by atoms with Gasteiger partial charge in [0, 0.05) is 12.7 Å². The first-order chi connectivity index (χ1) is 8.90. The van der Waals surface area contributed by atoms with E-state index in [1.807, 2.05) is 0 Å². The molecule has 0 unspecified atom stereocenters. The van der Waals surface area contributed by atoms with Gasteiger partial charge in [0.25, 0.3) is 0 Å². The number of benzene rings is 1. The molecule has 2 aromatic rings. The van der Waals surface area contributed by atoms with Crippen LogP contribution < -0.4 is 5.32 Å². The molecule has 0 amide bonds. The molecule has 0 aliphatic carbocycles. The van der Waals surface area contributed by atoms with Crippen LogP contribution >= 0.6 is 11.6 Å². The van der Waals surface area contributed by atoms with Crippen LogP contribution in [0.4, 0.5) is 21.6 Å². The molecule has 19 heavy (non-hydrogen) atoms. The van der Waals surface area contributed by atoms with Crippen molar-refractivity contribution in [3.8, 4) is 0 Å². The van der Waals surface area contributed by atoms with Gasteiger partial charge in [-0.1, -0.05) is 11.6 Å². The highest BCUT2D eigenvalue weighted by molar-refractivity contribution is 6.31. The average Bonchev–Trinajstić information content (AvgIpc) is 2.59. The van der Waals surface area contributed by atoms with Gasteiger partial charge in [-0.2, -0.15) is 5.10 Å². The van der Waals surface area contributed by atoms with Gasteiger partial charge in [0.1, 0.15) is 11.5 Å². The zero-order chi connectivity index (χ0) is 14.2. The molecular weight excluding hydrogens is 275 g/mol. The summed E-state index contributed by atoms with van der Waals surface area (Å²) in [6.07, 6.45) is 0. The summed E-state index contributed by atoms with van der Waals surface area (Å²) < 4.78 is 14.4. The Bertz CT molecular complexity index is 656. The first-order valence-electron chi connectivity index (χ1n) is 5.30. The number of nitrogens with zero attached hydrogens (tertiary/aromatic N) is 3. The summed E-state index contributed by atoms with van der Waals surface area (Å²) in [5.74, 6) is -0.340. The van der Waals surface area contributed by atoms with Crippen LogP contribution in [-0.2, 0) is 7.05 Å². The minimum Gasteiger partial charge on any atom is -0.335 e. The second-order valence-corrected chi connectivity index (χ2v) is 4.32. The van der Waals surface area contributed by atoms with Crippen molar-refractivity contribution >= 4 is 28.8 Å². The summed E-state index contributed by atoms with van der Waals surface area (Å²) >= 11 is 5.66. The van der Waals surface area contributed by atoms with E-state index in [0.29, 0.717) is 11.4 Å². The maximum absolute atomic E-state index is 13.0. The standard InChI is InChI=1S/C11H10ClFN4O2/c1-6-10(17(18)19)11(16(2)15-6)14-7-3-4-9(13)8(12)5-7/h3-5,14H,1-2H3. The molecule has 1 N–H and O–H groups in total. The fourth-order valence-corrected chi connectivity index (χ4v) is 1.90. The number of aryl methyl sites for hydroxylation is 2. The minimum absolute atomic E-state index is 0.0634. The first-order valence-corrected chi connectivity index (χ1v) is 5.68. The lowest BCUT2D eigenvalue weighted by Gasteiger charge is -2.06. The number of aromatic nitrogens is 2. The van der Waals surface area contributed by atoms with E-state index in [1.165, 1.54) is 22.9 Å². The lowest BCUT2D eigenvalue weighted by molar-refractivity contribution is -0.384. The molecule has 0 saturated heterocycles. The summed E-state index contributed by atoms with van der Waals surface area (Å²) in [5.41, 5.74) is 0.614. The highest BCUT2D eigenvalue weighted by Gasteiger charge is 2.24. The number of rotatable bonds is 3. The van der Waals surface area contributed by atoms with Crippen LogP contribution in [-0.4, -0.2) is 14.7 Å². The third kappa shape index (κ3) is 2.50. The van der Waals surface area contributed by atoms with Crippen LogP contribution in [0.25, 0.3) is 0 Å². The van der Waals surface area contributed by atoms with Crippen molar-refractivity contribution in [3.05, 3.63) is 44.8 Å².